The minimum atomic E-state index is -0.336. The fraction of sp³-hybridized carbons (Fsp3) is 0.125. The molecule has 4 heteroatoms. The standard InChI is InChI=1S/C16H14N2O2/c1-11-9-16(19)20-14-10-12(6-7-13(11)14)17-15-5-3-4-8-18(15)2/h3-10H,1-2H3. The molecule has 2 aromatic heterocycles. The Morgan fingerprint density at radius 3 is 2.80 bits per heavy atom. The van der Waals surface area contributed by atoms with Crippen molar-refractivity contribution in [3.8, 4) is 0 Å². The molecule has 3 aromatic rings. The minimum Gasteiger partial charge on any atom is -0.423 e. The van der Waals surface area contributed by atoms with Crippen LogP contribution in [0.2, 0.25) is 0 Å². The molecule has 0 spiro atoms. The van der Waals surface area contributed by atoms with Crippen molar-refractivity contribution in [2.24, 2.45) is 12.0 Å². The van der Waals surface area contributed by atoms with E-state index in [1.807, 2.05) is 55.1 Å². The molecule has 0 bridgehead atoms. The Kier molecular flexibility index (Phi) is 2.99. The van der Waals surface area contributed by atoms with E-state index in [1.54, 1.807) is 6.07 Å². The fourth-order valence-corrected chi connectivity index (χ4v) is 2.15. The Labute approximate surface area is 115 Å². The summed E-state index contributed by atoms with van der Waals surface area (Å²) in [4.78, 5) is 16.0. The second kappa shape index (κ2) is 4.81. The van der Waals surface area contributed by atoms with Crippen molar-refractivity contribution >= 4 is 16.7 Å². The molecule has 0 unspecified atom stereocenters. The van der Waals surface area contributed by atoms with E-state index in [4.69, 9.17) is 4.42 Å². The number of aryl methyl sites for hydroxylation is 2. The first kappa shape index (κ1) is 12.4. The van der Waals surface area contributed by atoms with Crippen LogP contribution in [-0.4, -0.2) is 4.57 Å². The molecule has 0 aliphatic heterocycles. The zero-order valence-electron chi connectivity index (χ0n) is 11.3. The molecule has 3 rings (SSSR count). The zero-order valence-corrected chi connectivity index (χ0v) is 11.3. The normalized spacial score (nSPS) is 12.0. The second-order valence-electron chi connectivity index (χ2n) is 4.71. The molecule has 0 saturated carbocycles. The monoisotopic (exact) mass is 266 g/mol. The van der Waals surface area contributed by atoms with Gasteiger partial charge in [-0.3, -0.25) is 0 Å². The van der Waals surface area contributed by atoms with Gasteiger partial charge in [0.25, 0.3) is 0 Å². The smallest absolute Gasteiger partial charge is 0.336 e. The highest BCUT2D eigenvalue weighted by atomic mass is 16.4. The first-order chi connectivity index (χ1) is 9.63. The van der Waals surface area contributed by atoms with E-state index in [-0.39, 0.29) is 5.63 Å². The molecule has 0 atom stereocenters. The van der Waals surface area contributed by atoms with Gasteiger partial charge in [-0.1, -0.05) is 6.07 Å². The van der Waals surface area contributed by atoms with Crippen LogP contribution < -0.4 is 11.1 Å². The van der Waals surface area contributed by atoms with E-state index < -0.39 is 0 Å². The molecule has 0 N–H and O–H groups in total. The Balaban J connectivity index is 2.22. The summed E-state index contributed by atoms with van der Waals surface area (Å²) in [6.45, 7) is 1.90. The quantitative estimate of drug-likeness (QED) is 0.636. The van der Waals surface area contributed by atoms with E-state index in [0.29, 0.717) is 5.58 Å². The van der Waals surface area contributed by atoms with Crippen LogP contribution in [0.3, 0.4) is 0 Å². The van der Waals surface area contributed by atoms with Gasteiger partial charge in [-0.2, -0.15) is 0 Å². The number of hydrogen-bond donors (Lipinski definition) is 0. The lowest BCUT2D eigenvalue weighted by molar-refractivity contribution is 0.560. The predicted molar refractivity (Wildman–Crippen MR) is 77.9 cm³/mol. The fourth-order valence-electron chi connectivity index (χ4n) is 2.15. The van der Waals surface area contributed by atoms with Crippen molar-refractivity contribution in [1.82, 2.24) is 4.57 Å². The van der Waals surface area contributed by atoms with Crippen molar-refractivity contribution in [3.63, 3.8) is 0 Å². The lowest BCUT2D eigenvalue weighted by Crippen LogP contribution is -2.15. The van der Waals surface area contributed by atoms with Gasteiger partial charge in [0.15, 0.2) is 0 Å². The SMILES string of the molecule is Cc1cc(=O)oc2cc(N=c3ccccn3C)ccc12. The summed E-state index contributed by atoms with van der Waals surface area (Å²) in [7, 11) is 1.93. The van der Waals surface area contributed by atoms with Crippen molar-refractivity contribution in [2.75, 3.05) is 0 Å². The number of hydrogen-bond acceptors (Lipinski definition) is 3. The molecule has 0 amide bonds. The maximum Gasteiger partial charge on any atom is 0.336 e. The molecule has 100 valence electrons. The maximum atomic E-state index is 11.4. The van der Waals surface area contributed by atoms with Crippen LogP contribution in [0, 0.1) is 6.92 Å². The van der Waals surface area contributed by atoms with E-state index in [9.17, 15) is 4.79 Å². The van der Waals surface area contributed by atoms with Crippen molar-refractivity contribution in [1.29, 1.82) is 0 Å². The van der Waals surface area contributed by atoms with Crippen LogP contribution in [0.5, 0.6) is 0 Å². The van der Waals surface area contributed by atoms with Gasteiger partial charge in [0, 0.05) is 30.8 Å². The Bertz CT molecular complexity index is 904. The number of rotatable bonds is 1. The topological polar surface area (TPSA) is 47.5 Å². The third kappa shape index (κ3) is 2.28. The van der Waals surface area contributed by atoms with Crippen LogP contribution in [-0.2, 0) is 7.05 Å². The number of pyridine rings is 1. The first-order valence-corrected chi connectivity index (χ1v) is 6.34. The van der Waals surface area contributed by atoms with Crippen LogP contribution in [0.15, 0.2) is 62.9 Å². The van der Waals surface area contributed by atoms with Crippen LogP contribution in [0.1, 0.15) is 5.56 Å². The second-order valence-corrected chi connectivity index (χ2v) is 4.71. The van der Waals surface area contributed by atoms with Gasteiger partial charge < -0.3 is 8.98 Å². The van der Waals surface area contributed by atoms with Gasteiger partial charge in [0.2, 0.25) is 0 Å². The number of nitrogens with zero attached hydrogens (tertiary/aromatic N) is 2. The van der Waals surface area contributed by atoms with Gasteiger partial charge in [0.1, 0.15) is 11.1 Å². The molecule has 1 aromatic carbocycles. The van der Waals surface area contributed by atoms with E-state index in [0.717, 1.165) is 22.1 Å². The maximum absolute atomic E-state index is 11.4. The largest absolute Gasteiger partial charge is 0.423 e. The zero-order chi connectivity index (χ0) is 14.1. The lowest BCUT2D eigenvalue weighted by atomic mass is 10.1. The molecule has 0 aliphatic carbocycles. The van der Waals surface area contributed by atoms with E-state index in [2.05, 4.69) is 4.99 Å². The summed E-state index contributed by atoms with van der Waals surface area (Å²) in [5.74, 6) is 0. The van der Waals surface area contributed by atoms with Gasteiger partial charge in [0.05, 0.1) is 5.69 Å². The molecule has 2 heterocycles. The van der Waals surface area contributed by atoms with Gasteiger partial charge in [-0.25, -0.2) is 9.79 Å². The Morgan fingerprint density at radius 2 is 2.00 bits per heavy atom. The molecule has 20 heavy (non-hydrogen) atoms. The lowest BCUT2D eigenvalue weighted by Gasteiger charge is -2.02. The van der Waals surface area contributed by atoms with Crippen molar-refractivity contribution in [2.45, 2.75) is 6.92 Å². The van der Waals surface area contributed by atoms with E-state index in [1.165, 1.54) is 6.07 Å². The van der Waals surface area contributed by atoms with Gasteiger partial charge >= 0.3 is 5.63 Å². The minimum absolute atomic E-state index is 0.336. The summed E-state index contributed by atoms with van der Waals surface area (Å²) < 4.78 is 7.16. The highest BCUT2D eigenvalue weighted by Crippen LogP contribution is 2.21. The summed E-state index contributed by atoms with van der Waals surface area (Å²) in [5, 5.41) is 0.931. The summed E-state index contributed by atoms with van der Waals surface area (Å²) in [6.07, 6.45) is 1.93. The molecule has 4 nitrogen and oxygen atoms in total. The molecule has 0 saturated heterocycles. The van der Waals surface area contributed by atoms with E-state index >= 15 is 0 Å². The average molecular weight is 266 g/mol. The summed E-state index contributed by atoms with van der Waals surface area (Å²) in [5.41, 5.74) is 2.73. The molecule has 0 fully saturated rings. The highest BCUT2D eigenvalue weighted by Gasteiger charge is 2.02. The molecule has 0 aliphatic rings. The number of fused-ring (bicyclic) bond motifs is 1. The Hall–Kier alpha value is -2.62. The van der Waals surface area contributed by atoms with Crippen LogP contribution in [0.4, 0.5) is 5.69 Å². The molecular weight excluding hydrogens is 252 g/mol. The summed E-state index contributed by atoms with van der Waals surface area (Å²) in [6, 6.07) is 12.9. The van der Waals surface area contributed by atoms with Gasteiger partial charge in [-0.15, -0.1) is 0 Å². The third-order valence-corrected chi connectivity index (χ3v) is 3.21. The third-order valence-electron chi connectivity index (χ3n) is 3.21. The van der Waals surface area contributed by atoms with Crippen molar-refractivity contribution in [3.05, 3.63) is 70.1 Å². The average Bonchev–Trinajstić information content (AvgIpc) is 2.41. The van der Waals surface area contributed by atoms with Gasteiger partial charge in [-0.05, 0) is 36.8 Å². The van der Waals surface area contributed by atoms with Crippen LogP contribution in [0.25, 0.3) is 11.0 Å². The predicted octanol–water partition coefficient (Wildman–Crippen LogP) is 2.67. The number of benzene rings is 1. The van der Waals surface area contributed by atoms with Crippen LogP contribution >= 0.6 is 0 Å². The summed E-state index contributed by atoms with van der Waals surface area (Å²) >= 11 is 0. The highest BCUT2D eigenvalue weighted by molar-refractivity contribution is 5.82. The Morgan fingerprint density at radius 1 is 1.15 bits per heavy atom. The van der Waals surface area contributed by atoms with Crippen molar-refractivity contribution < 1.29 is 4.42 Å². The number of aromatic nitrogens is 1. The molecular formula is C16H14N2O2. The molecule has 0 radical (unpaired) electrons. The first-order valence-electron chi connectivity index (χ1n) is 6.34.